The first-order valence-electron chi connectivity index (χ1n) is 4.93. The second-order valence-corrected chi connectivity index (χ2v) is 5.01. The summed E-state index contributed by atoms with van der Waals surface area (Å²) in [7, 11) is 0. The smallest absolute Gasteiger partial charge is 0.00466 e. The van der Waals surface area contributed by atoms with Crippen LogP contribution >= 0.6 is 0 Å². The van der Waals surface area contributed by atoms with E-state index in [9.17, 15) is 0 Å². The lowest BCUT2D eigenvalue weighted by Crippen LogP contribution is -2.46. The van der Waals surface area contributed by atoms with Crippen molar-refractivity contribution in [3.63, 3.8) is 0 Å². The molecule has 3 atom stereocenters. The highest BCUT2D eigenvalue weighted by atomic mass is 14.7. The van der Waals surface area contributed by atoms with Crippen molar-refractivity contribution in [2.45, 2.75) is 39.7 Å². The van der Waals surface area contributed by atoms with Crippen LogP contribution in [0.4, 0.5) is 0 Å². The Kier molecular flexibility index (Phi) is 2.79. The summed E-state index contributed by atoms with van der Waals surface area (Å²) in [4.78, 5) is 0. The van der Waals surface area contributed by atoms with Gasteiger partial charge in [0.15, 0.2) is 0 Å². The van der Waals surface area contributed by atoms with Crippen molar-refractivity contribution in [1.29, 1.82) is 0 Å². The van der Waals surface area contributed by atoms with Gasteiger partial charge in [0.1, 0.15) is 0 Å². The topological polar surface area (TPSA) is 52.0 Å². The molecule has 1 fully saturated rings. The molecule has 1 aliphatic carbocycles. The Balaban J connectivity index is 2.71. The Morgan fingerprint density at radius 3 is 2.42 bits per heavy atom. The number of hydrogen-bond acceptors (Lipinski definition) is 2. The minimum atomic E-state index is 0.339. The fraction of sp³-hybridized carbons (Fsp3) is 1.00. The largest absolute Gasteiger partial charge is 0.330 e. The van der Waals surface area contributed by atoms with Crippen LogP contribution in [0.2, 0.25) is 0 Å². The molecule has 72 valence electrons. The van der Waals surface area contributed by atoms with Crippen LogP contribution in [-0.2, 0) is 0 Å². The summed E-state index contributed by atoms with van der Waals surface area (Å²) < 4.78 is 0. The monoisotopic (exact) mass is 170 g/mol. The third-order valence-corrected chi connectivity index (χ3v) is 3.41. The van der Waals surface area contributed by atoms with Crippen LogP contribution in [0.25, 0.3) is 0 Å². The Hall–Kier alpha value is -0.0800. The zero-order chi connectivity index (χ0) is 9.35. The molecule has 0 aromatic heterocycles. The Morgan fingerprint density at radius 1 is 1.42 bits per heavy atom. The van der Waals surface area contributed by atoms with Crippen molar-refractivity contribution in [2.75, 3.05) is 6.54 Å². The van der Waals surface area contributed by atoms with Crippen LogP contribution in [0.3, 0.4) is 0 Å². The molecular weight excluding hydrogens is 148 g/mol. The van der Waals surface area contributed by atoms with E-state index in [1.807, 2.05) is 0 Å². The van der Waals surface area contributed by atoms with Crippen molar-refractivity contribution in [3.05, 3.63) is 0 Å². The normalized spacial score (nSPS) is 41.2. The molecule has 0 aromatic rings. The Morgan fingerprint density at radius 2 is 2.00 bits per heavy atom. The summed E-state index contributed by atoms with van der Waals surface area (Å²) in [5, 5.41) is 0. The molecule has 0 aliphatic heterocycles. The van der Waals surface area contributed by atoms with Gasteiger partial charge in [0.05, 0.1) is 0 Å². The van der Waals surface area contributed by atoms with Crippen molar-refractivity contribution >= 4 is 0 Å². The summed E-state index contributed by atoms with van der Waals surface area (Å²) in [5.74, 6) is 1.34. The fourth-order valence-electron chi connectivity index (χ4n) is 2.87. The van der Waals surface area contributed by atoms with Crippen LogP contribution in [0.1, 0.15) is 33.6 Å². The molecule has 0 aromatic carbocycles. The maximum Gasteiger partial charge on any atom is 0.00466 e. The summed E-state index contributed by atoms with van der Waals surface area (Å²) in [6.07, 6.45) is 2.27. The van der Waals surface area contributed by atoms with E-state index in [-0.39, 0.29) is 0 Å². The molecule has 2 heteroatoms. The van der Waals surface area contributed by atoms with E-state index in [1.54, 1.807) is 0 Å². The maximum atomic E-state index is 5.98. The number of hydrogen-bond donors (Lipinski definition) is 2. The molecule has 1 saturated carbocycles. The van der Waals surface area contributed by atoms with Crippen LogP contribution in [0, 0.1) is 17.3 Å². The van der Waals surface area contributed by atoms with Gasteiger partial charge in [-0.05, 0) is 36.6 Å². The van der Waals surface area contributed by atoms with E-state index >= 15 is 0 Å². The maximum absolute atomic E-state index is 5.98. The first-order valence-corrected chi connectivity index (χ1v) is 4.93. The van der Waals surface area contributed by atoms with E-state index in [2.05, 4.69) is 20.8 Å². The van der Waals surface area contributed by atoms with Gasteiger partial charge in [-0.2, -0.15) is 0 Å². The van der Waals surface area contributed by atoms with Gasteiger partial charge in [0.25, 0.3) is 0 Å². The zero-order valence-electron chi connectivity index (χ0n) is 8.51. The number of rotatable bonds is 1. The second-order valence-electron chi connectivity index (χ2n) is 5.01. The van der Waals surface area contributed by atoms with E-state index in [4.69, 9.17) is 11.5 Å². The average molecular weight is 170 g/mol. The van der Waals surface area contributed by atoms with Crippen LogP contribution in [-0.4, -0.2) is 12.6 Å². The van der Waals surface area contributed by atoms with Gasteiger partial charge in [-0.1, -0.05) is 20.8 Å². The molecular formula is C10H22N2. The molecule has 12 heavy (non-hydrogen) atoms. The highest BCUT2D eigenvalue weighted by Gasteiger charge is 2.38. The van der Waals surface area contributed by atoms with Crippen molar-refractivity contribution in [2.24, 2.45) is 28.7 Å². The molecule has 0 radical (unpaired) electrons. The summed E-state index contributed by atoms with van der Waals surface area (Å²) in [6.45, 7) is 7.67. The SMILES string of the molecule is CC1CC(N)CC(C)(C)C1CN. The predicted octanol–water partition coefficient (Wildman–Crippen LogP) is 1.34. The molecule has 0 heterocycles. The summed E-state index contributed by atoms with van der Waals surface area (Å²) in [5.41, 5.74) is 12.1. The summed E-state index contributed by atoms with van der Waals surface area (Å²) in [6, 6.07) is 0.387. The zero-order valence-corrected chi connectivity index (χ0v) is 8.51. The molecule has 4 N–H and O–H groups in total. The molecule has 0 spiro atoms. The second kappa shape index (κ2) is 3.35. The lowest BCUT2D eigenvalue weighted by Gasteiger charge is -2.45. The molecule has 1 rings (SSSR count). The molecule has 3 unspecified atom stereocenters. The third-order valence-electron chi connectivity index (χ3n) is 3.41. The van der Waals surface area contributed by atoms with Crippen LogP contribution in [0.5, 0.6) is 0 Å². The molecule has 0 amide bonds. The minimum Gasteiger partial charge on any atom is -0.330 e. The quantitative estimate of drug-likeness (QED) is 0.624. The van der Waals surface area contributed by atoms with Gasteiger partial charge in [-0.3, -0.25) is 0 Å². The van der Waals surface area contributed by atoms with Gasteiger partial charge < -0.3 is 11.5 Å². The summed E-state index contributed by atoms with van der Waals surface area (Å²) >= 11 is 0. The minimum absolute atomic E-state index is 0.339. The molecule has 0 saturated heterocycles. The first kappa shape index (κ1) is 10.0. The van der Waals surface area contributed by atoms with Crippen LogP contribution in [0.15, 0.2) is 0 Å². The van der Waals surface area contributed by atoms with Gasteiger partial charge in [-0.25, -0.2) is 0 Å². The Bertz CT molecular complexity index is 154. The highest BCUT2D eigenvalue weighted by Crippen LogP contribution is 2.42. The number of nitrogens with two attached hydrogens (primary N) is 2. The fourth-order valence-corrected chi connectivity index (χ4v) is 2.87. The third kappa shape index (κ3) is 1.80. The highest BCUT2D eigenvalue weighted by molar-refractivity contribution is 4.91. The molecule has 1 aliphatic rings. The first-order chi connectivity index (χ1) is 5.47. The van der Waals surface area contributed by atoms with E-state index in [0.717, 1.165) is 19.4 Å². The van der Waals surface area contributed by atoms with Gasteiger partial charge in [0.2, 0.25) is 0 Å². The molecule has 2 nitrogen and oxygen atoms in total. The lowest BCUT2D eigenvalue weighted by molar-refractivity contribution is 0.0771. The van der Waals surface area contributed by atoms with Crippen molar-refractivity contribution in [3.8, 4) is 0 Å². The van der Waals surface area contributed by atoms with E-state index in [0.29, 0.717) is 23.3 Å². The van der Waals surface area contributed by atoms with Crippen LogP contribution < -0.4 is 11.5 Å². The van der Waals surface area contributed by atoms with E-state index in [1.165, 1.54) is 0 Å². The molecule has 0 bridgehead atoms. The Labute approximate surface area is 75.7 Å². The average Bonchev–Trinajstić information content (AvgIpc) is 1.82. The lowest BCUT2D eigenvalue weighted by atomic mass is 9.63. The van der Waals surface area contributed by atoms with Gasteiger partial charge in [-0.15, -0.1) is 0 Å². The van der Waals surface area contributed by atoms with Gasteiger partial charge >= 0.3 is 0 Å². The van der Waals surface area contributed by atoms with E-state index < -0.39 is 0 Å². The van der Waals surface area contributed by atoms with Gasteiger partial charge in [0, 0.05) is 6.04 Å². The van der Waals surface area contributed by atoms with Crippen molar-refractivity contribution < 1.29 is 0 Å². The van der Waals surface area contributed by atoms with Crippen molar-refractivity contribution in [1.82, 2.24) is 0 Å². The standard InChI is InChI=1S/C10H22N2/c1-7-4-8(12)5-10(2,3)9(7)6-11/h7-9H,4-6,11-12H2,1-3H3. The predicted molar refractivity (Wildman–Crippen MR) is 52.7 cm³/mol.